The fourth-order valence-electron chi connectivity index (χ4n) is 2.29. The van der Waals surface area contributed by atoms with E-state index in [1.54, 1.807) is 4.57 Å². The van der Waals surface area contributed by atoms with Crippen molar-refractivity contribution in [1.29, 1.82) is 10.5 Å². The Morgan fingerprint density at radius 3 is 2.62 bits per heavy atom. The summed E-state index contributed by atoms with van der Waals surface area (Å²) < 4.78 is 2.60. The zero-order chi connectivity index (χ0) is 15.4. The summed E-state index contributed by atoms with van der Waals surface area (Å²) in [6.07, 6.45) is 2.24. The molecule has 0 saturated heterocycles. The summed E-state index contributed by atoms with van der Waals surface area (Å²) in [5.41, 5.74) is 7.59. The van der Waals surface area contributed by atoms with Crippen LogP contribution < -0.4 is 5.73 Å². The molecule has 2 aromatic rings. The highest BCUT2D eigenvalue weighted by molar-refractivity contribution is 9.10. The summed E-state index contributed by atoms with van der Waals surface area (Å²) in [6, 6.07) is 11.3. The van der Waals surface area contributed by atoms with Crippen LogP contribution in [0.3, 0.4) is 0 Å². The first-order valence-corrected chi connectivity index (χ1v) is 7.30. The van der Waals surface area contributed by atoms with Gasteiger partial charge >= 0.3 is 0 Å². The van der Waals surface area contributed by atoms with Gasteiger partial charge in [0.05, 0.1) is 12.4 Å². The van der Waals surface area contributed by atoms with Crippen LogP contribution in [0.1, 0.15) is 36.3 Å². The van der Waals surface area contributed by atoms with E-state index in [1.165, 1.54) is 6.33 Å². The van der Waals surface area contributed by atoms with Crippen molar-refractivity contribution in [2.24, 2.45) is 5.73 Å². The maximum atomic E-state index is 9.32. The molecule has 1 heterocycles. The average molecular weight is 344 g/mol. The number of hydrogen-bond acceptors (Lipinski definition) is 4. The zero-order valence-corrected chi connectivity index (χ0v) is 13.1. The first-order chi connectivity index (χ1) is 10.1. The Balaban J connectivity index is 2.64. The van der Waals surface area contributed by atoms with Gasteiger partial charge in [-0.2, -0.15) is 10.5 Å². The van der Waals surface area contributed by atoms with Crippen LogP contribution in [0.15, 0.2) is 35.1 Å². The van der Waals surface area contributed by atoms with Crippen LogP contribution in [0.5, 0.6) is 0 Å². The molecule has 0 radical (unpaired) electrons. The Kier molecular flexibility index (Phi) is 4.74. The van der Waals surface area contributed by atoms with Crippen molar-refractivity contribution >= 4 is 15.9 Å². The molecule has 2 atom stereocenters. The van der Waals surface area contributed by atoms with E-state index in [4.69, 9.17) is 11.0 Å². The molecule has 0 amide bonds. The van der Waals surface area contributed by atoms with Crippen molar-refractivity contribution in [2.45, 2.75) is 25.4 Å². The van der Waals surface area contributed by atoms with Gasteiger partial charge in [-0.05, 0) is 18.1 Å². The number of aromatic nitrogens is 2. The first kappa shape index (κ1) is 15.2. The molecule has 6 heteroatoms. The summed E-state index contributed by atoms with van der Waals surface area (Å²) in [5.74, 6) is 0. The smallest absolute Gasteiger partial charge is 0.176 e. The van der Waals surface area contributed by atoms with E-state index < -0.39 is 0 Å². The molecule has 5 nitrogen and oxygen atoms in total. The van der Waals surface area contributed by atoms with Gasteiger partial charge in [-0.1, -0.05) is 41.1 Å². The topological polar surface area (TPSA) is 91.4 Å². The third-order valence-corrected chi connectivity index (χ3v) is 4.13. The number of nitrogens with zero attached hydrogens (tertiary/aromatic N) is 4. The van der Waals surface area contributed by atoms with Crippen LogP contribution in [-0.4, -0.2) is 15.6 Å². The van der Waals surface area contributed by atoms with E-state index in [1.807, 2.05) is 37.3 Å². The predicted molar refractivity (Wildman–Crippen MR) is 82.2 cm³/mol. The Labute approximate surface area is 131 Å². The van der Waals surface area contributed by atoms with Crippen LogP contribution in [0.25, 0.3) is 0 Å². The Morgan fingerprint density at radius 2 is 2.05 bits per heavy atom. The fourth-order valence-corrected chi connectivity index (χ4v) is 2.81. The Hall–Kier alpha value is -2.15. The molecule has 0 bridgehead atoms. The van der Waals surface area contributed by atoms with Gasteiger partial charge in [0, 0.05) is 10.5 Å². The first-order valence-electron chi connectivity index (χ1n) is 6.51. The monoisotopic (exact) mass is 343 g/mol. The van der Waals surface area contributed by atoms with E-state index in [9.17, 15) is 5.26 Å². The van der Waals surface area contributed by atoms with Gasteiger partial charge in [0.25, 0.3) is 0 Å². The molecule has 0 spiro atoms. The quantitative estimate of drug-likeness (QED) is 0.923. The van der Waals surface area contributed by atoms with Crippen LogP contribution in [0.2, 0.25) is 0 Å². The van der Waals surface area contributed by atoms with Gasteiger partial charge in [-0.15, -0.1) is 0 Å². The van der Waals surface area contributed by atoms with E-state index in [0.717, 1.165) is 16.5 Å². The lowest BCUT2D eigenvalue weighted by molar-refractivity contribution is 0.454. The summed E-state index contributed by atoms with van der Waals surface area (Å²) in [4.78, 5) is 4.01. The van der Waals surface area contributed by atoms with Crippen LogP contribution in [-0.2, 0) is 0 Å². The standard InChI is InChI=1S/C15H14BrN5/c1-2-12(19)15(10-5-3-4-6-11(10)16)21-9-20-13(7-17)14(21)8-18/h3-6,9,12,15H,2,19H2,1H3. The third-order valence-electron chi connectivity index (χ3n) is 3.41. The second-order valence-corrected chi connectivity index (χ2v) is 5.47. The van der Waals surface area contributed by atoms with Crippen molar-refractivity contribution in [3.05, 3.63) is 52.0 Å². The second kappa shape index (κ2) is 6.53. The summed E-state index contributed by atoms with van der Waals surface area (Å²) in [5, 5.41) is 18.4. The largest absolute Gasteiger partial charge is 0.326 e. The molecule has 2 unspecified atom stereocenters. The lowest BCUT2D eigenvalue weighted by atomic mass is 9.97. The number of nitrogens with two attached hydrogens (primary N) is 1. The van der Waals surface area contributed by atoms with Gasteiger partial charge in [0.2, 0.25) is 0 Å². The highest BCUT2D eigenvalue weighted by Crippen LogP contribution is 2.30. The van der Waals surface area contributed by atoms with Gasteiger partial charge in [0.1, 0.15) is 12.1 Å². The van der Waals surface area contributed by atoms with Crippen LogP contribution in [0, 0.1) is 22.7 Å². The van der Waals surface area contributed by atoms with Crippen molar-refractivity contribution in [3.63, 3.8) is 0 Å². The average Bonchev–Trinajstić information content (AvgIpc) is 2.91. The van der Waals surface area contributed by atoms with Crippen molar-refractivity contribution in [3.8, 4) is 12.1 Å². The molecule has 2 N–H and O–H groups in total. The molecule has 1 aromatic heterocycles. The van der Waals surface area contributed by atoms with Crippen molar-refractivity contribution in [2.75, 3.05) is 0 Å². The summed E-state index contributed by atoms with van der Waals surface area (Å²) in [7, 11) is 0. The fraction of sp³-hybridized carbons (Fsp3) is 0.267. The highest BCUT2D eigenvalue weighted by atomic mass is 79.9. The highest BCUT2D eigenvalue weighted by Gasteiger charge is 2.26. The Morgan fingerprint density at radius 1 is 1.33 bits per heavy atom. The van der Waals surface area contributed by atoms with Crippen LogP contribution in [0.4, 0.5) is 0 Å². The number of nitriles is 2. The molecule has 2 rings (SSSR count). The molecule has 0 aliphatic heterocycles. The molecule has 0 fully saturated rings. The Bertz CT molecular complexity index is 722. The SMILES string of the molecule is CCC(N)C(c1ccccc1Br)n1cnc(C#N)c1C#N. The molecule has 0 aliphatic carbocycles. The minimum absolute atomic E-state index is 0.123. The number of benzene rings is 1. The minimum atomic E-state index is -0.255. The zero-order valence-electron chi connectivity index (χ0n) is 11.5. The van der Waals surface area contributed by atoms with Gasteiger partial charge in [-0.3, -0.25) is 0 Å². The maximum absolute atomic E-state index is 9.32. The minimum Gasteiger partial charge on any atom is -0.326 e. The summed E-state index contributed by atoms with van der Waals surface area (Å²) in [6.45, 7) is 1.99. The number of hydrogen-bond donors (Lipinski definition) is 1. The molecular formula is C15H14BrN5. The number of halogens is 1. The normalized spacial score (nSPS) is 13.2. The lowest BCUT2D eigenvalue weighted by Crippen LogP contribution is -2.33. The van der Waals surface area contributed by atoms with E-state index in [-0.39, 0.29) is 23.5 Å². The molecule has 106 valence electrons. The van der Waals surface area contributed by atoms with Gasteiger partial charge in [-0.25, -0.2) is 4.98 Å². The molecule has 21 heavy (non-hydrogen) atoms. The van der Waals surface area contributed by atoms with Crippen LogP contribution >= 0.6 is 15.9 Å². The van der Waals surface area contributed by atoms with E-state index in [0.29, 0.717) is 0 Å². The molecule has 0 aliphatic rings. The maximum Gasteiger partial charge on any atom is 0.176 e. The predicted octanol–water partition coefficient (Wildman–Crippen LogP) is 2.72. The molecular weight excluding hydrogens is 330 g/mol. The van der Waals surface area contributed by atoms with Gasteiger partial charge in [0.15, 0.2) is 11.4 Å². The second-order valence-electron chi connectivity index (χ2n) is 4.61. The number of imidazole rings is 1. The molecule has 0 saturated carbocycles. The van der Waals surface area contributed by atoms with Crippen molar-refractivity contribution in [1.82, 2.24) is 9.55 Å². The third kappa shape index (κ3) is 2.82. The van der Waals surface area contributed by atoms with E-state index in [2.05, 4.69) is 27.0 Å². The summed E-state index contributed by atoms with van der Waals surface area (Å²) >= 11 is 3.52. The molecule has 1 aromatic carbocycles. The van der Waals surface area contributed by atoms with Gasteiger partial charge < -0.3 is 10.3 Å². The number of rotatable bonds is 4. The lowest BCUT2D eigenvalue weighted by Gasteiger charge is -2.26. The van der Waals surface area contributed by atoms with E-state index >= 15 is 0 Å². The van der Waals surface area contributed by atoms with Crippen molar-refractivity contribution < 1.29 is 0 Å².